The lowest BCUT2D eigenvalue weighted by Crippen LogP contribution is -2.39. The van der Waals surface area contributed by atoms with E-state index in [1.54, 1.807) is 13.0 Å². The number of rotatable bonds is 5. The first-order valence-corrected chi connectivity index (χ1v) is 7.18. The Morgan fingerprint density at radius 1 is 1.40 bits per heavy atom. The molecule has 0 aromatic heterocycles. The van der Waals surface area contributed by atoms with Crippen molar-refractivity contribution >= 4 is 33.6 Å². The first-order chi connectivity index (χ1) is 9.33. The topological polar surface area (TPSA) is 69.6 Å². The number of aliphatic carboxylic acids is 1. The number of aryl methyl sites for hydroxylation is 1. The molecule has 1 aromatic carbocycles. The van der Waals surface area contributed by atoms with Crippen LogP contribution in [0.4, 0.5) is 10.5 Å². The third-order valence-corrected chi connectivity index (χ3v) is 3.34. The molecule has 5 nitrogen and oxygen atoms in total. The van der Waals surface area contributed by atoms with Crippen molar-refractivity contribution in [1.82, 2.24) is 4.90 Å². The molecule has 0 heterocycles. The summed E-state index contributed by atoms with van der Waals surface area (Å²) in [6.07, 6.45) is 0. The average Bonchev–Trinajstić information content (AvgIpc) is 2.33. The summed E-state index contributed by atoms with van der Waals surface area (Å²) in [5.74, 6) is -1.50. The summed E-state index contributed by atoms with van der Waals surface area (Å²) in [6.45, 7) is 5.98. The van der Waals surface area contributed by atoms with Crippen molar-refractivity contribution in [1.29, 1.82) is 0 Å². The maximum Gasteiger partial charge on any atom is 0.321 e. The number of urea groups is 1. The number of carbonyl (C=O) groups excluding carboxylic acids is 1. The van der Waals surface area contributed by atoms with Crippen molar-refractivity contribution < 1.29 is 14.7 Å². The van der Waals surface area contributed by atoms with Gasteiger partial charge in [-0.15, -0.1) is 0 Å². The third kappa shape index (κ3) is 4.85. The highest BCUT2D eigenvalue weighted by atomic mass is 79.9. The molecule has 1 aromatic rings. The lowest BCUT2D eigenvalue weighted by atomic mass is 10.2. The molecule has 1 unspecified atom stereocenters. The van der Waals surface area contributed by atoms with Crippen LogP contribution in [0, 0.1) is 12.8 Å². The minimum Gasteiger partial charge on any atom is -0.481 e. The molecular weight excluding hydrogens is 324 g/mol. The Kier molecular flexibility index (Phi) is 6.01. The second kappa shape index (κ2) is 7.28. The van der Waals surface area contributed by atoms with Crippen LogP contribution in [0.15, 0.2) is 22.7 Å². The number of anilines is 1. The van der Waals surface area contributed by atoms with Crippen LogP contribution in [-0.4, -0.2) is 35.1 Å². The average molecular weight is 343 g/mol. The van der Waals surface area contributed by atoms with Gasteiger partial charge in [0.2, 0.25) is 0 Å². The summed E-state index contributed by atoms with van der Waals surface area (Å²) < 4.78 is 0.884. The van der Waals surface area contributed by atoms with Crippen LogP contribution in [0.3, 0.4) is 0 Å². The van der Waals surface area contributed by atoms with E-state index in [9.17, 15) is 9.59 Å². The fourth-order valence-electron chi connectivity index (χ4n) is 1.78. The normalized spacial score (nSPS) is 11.8. The van der Waals surface area contributed by atoms with Gasteiger partial charge in [0, 0.05) is 23.2 Å². The molecule has 110 valence electrons. The molecule has 0 fully saturated rings. The third-order valence-electron chi connectivity index (χ3n) is 2.88. The molecule has 2 N–H and O–H groups in total. The van der Waals surface area contributed by atoms with E-state index in [1.165, 1.54) is 4.90 Å². The molecular formula is C14H19BrN2O3. The largest absolute Gasteiger partial charge is 0.481 e. The second-order valence-corrected chi connectivity index (χ2v) is 5.64. The van der Waals surface area contributed by atoms with Gasteiger partial charge < -0.3 is 15.3 Å². The molecule has 0 saturated carbocycles. The van der Waals surface area contributed by atoms with Gasteiger partial charge in [-0.1, -0.05) is 22.9 Å². The highest BCUT2D eigenvalue weighted by Gasteiger charge is 2.19. The maximum absolute atomic E-state index is 12.1. The summed E-state index contributed by atoms with van der Waals surface area (Å²) in [7, 11) is 0. The molecule has 0 aliphatic rings. The SMILES string of the molecule is CCN(CC(C)C(=O)O)C(=O)Nc1cc(C)cc(Br)c1. The summed E-state index contributed by atoms with van der Waals surface area (Å²) in [5.41, 5.74) is 1.71. The number of carbonyl (C=O) groups is 2. The van der Waals surface area contributed by atoms with Gasteiger partial charge in [0.15, 0.2) is 0 Å². The number of benzene rings is 1. The van der Waals surface area contributed by atoms with Crippen LogP contribution < -0.4 is 5.32 Å². The summed E-state index contributed by atoms with van der Waals surface area (Å²) in [6, 6.07) is 5.31. The van der Waals surface area contributed by atoms with Crippen LogP contribution in [0.1, 0.15) is 19.4 Å². The van der Waals surface area contributed by atoms with Crippen molar-refractivity contribution in [3.05, 3.63) is 28.2 Å². The van der Waals surface area contributed by atoms with Crippen LogP contribution in [-0.2, 0) is 4.79 Å². The zero-order valence-electron chi connectivity index (χ0n) is 11.8. The zero-order valence-corrected chi connectivity index (χ0v) is 13.4. The molecule has 20 heavy (non-hydrogen) atoms. The summed E-state index contributed by atoms with van der Waals surface area (Å²) in [5, 5.41) is 11.7. The smallest absolute Gasteiger partial charge is 0.321 e. The van der Waals surface area contributed by atoms with Crippen molar-refractivity contribution in [2.45, 2.75) is 20.8 Å². The van der Waals surface area contributed by atoms with Crippen molar-refractivity contribution in [3.8, 4) is 0 Å². The van der Waals surface area contributed by atoms with Gasteiger partial charge in [-0.2, -0.15) is 0 Å². The standard InChI is InChI=1S/C14H19BrN2O3/c1-4-17(8-10(3)13(18)19)14(20)16-12-6-9(2)5-11(15)7-12/h5-7,10H,4,8H2,1-3H3,(H,16,20)(H,18,19). The molecule has 6 heteroatoms. The first-order valence-electron chi connectivity index (χ1n) is 6.39. The van der Waals surface area contributed by atoms with Gasteiger partial charge in [0.05, 0.1) is 5.92 Å². The number of nitrogens with zero attached hydrogens (tertiary/aromatic N) is 1. The monoisotopic (exact) mass is 342 g/mol. The van der Waals surface area contributed by atoms with Crippen molar-refractivity contribution in [2.24, 2.45) is 5.92 Å². The molecule has 0 aliphatic heterocycles. The Labute approximate surface area is 127 Å². The van der Waals surface area contributed by atoms with Gasteiger partial charge in [0.25, 0.3) is 0 Å². The molecule has 0 spiro atoms. The van der Waals surface area contributed by atoms with Gasteiger partial charge in [0.1, 0.15) is 0 Å². The molecule has 0 radical (unpaired) electrons. The van der Waals surface area contributed by atoms with E-state index >= 15 is 0 Å². The van der Waals surface area contributed by atoms with E-state index in [4.69, 9.17) is 5.11 Å². The predicted octanol–water partition coefficient (Wildman–Crippen LogP) is 3.33. The lowest BCUT2D eigenvalue weighted by Gasteiger charge is -2.23. The van der Waals surface area contributed by atoms with Crippen LogP contribution in [0.25, 0.3) is 0 Å². The van der Waals surface area contributed by atoms with E-state index in [1.807, 2.05) is 26.0 Å². The van der Waals surface area contributed by atoms with E-state index in [0.717, 1.165) is 10.0 Å². The number of carboxylic acid groups (broad SMARTS) is 1. The van der Waals surface area contributed by atoms with Gasteiger partial charge in [-0.05, 0) is 37.6 Å². The number of hydrogen-bond acceptors (Lipinski definition) is 2. The van der Waals surface area contributed by atoms with E-state index in [-0.39, 0.29) is 12.6 Å². The minimum absolute atomic E-state index is 0.185. The zero-order chi connectivity index (χ0) is 15.3. The molecule has 1 atom stereocenters. The molecule has 0 saturated heterocycles. The summed E-state index contributed by atoms with van der Waals surface area (Å²) in [4.78, 5) is 24.5. The molecule has 0 aliphatic carbocycles. The second-order valence-electron chi connectivity index (χ2n) is 4.73. The van der Waals surface area contributed by atoms with Crippen LogP contribution >= 0.6 is 15.9 Å². The van der Waals surface area contributed by atoms with Crippen molar-refractivity contribution in [3.63, 3.8) is 0 Å². The molecule has 2 amide bonds. The van der Waals surface area contributed by atoms with Crippen LogP contribution in [0.2, 0.25) is 0 Å². The van der Waals surface area contributed by atoms with Crippen LogP contribution in [0.5, 0.6) is 0 Å². The highest BCUT2D eigenvalue weighted by Crippen LogP contribution is 2.19. The number of amides is 2. The van der Waals surface area contributed by atoms with Gasteiger partial charge in [-0.3, -0.25) is 4.79 Å². The Morgan fingerprint density at radius 2 is 2.05 bits per heavy atom. The van der Waals surface area contributed by atoms with Crippen molar-refractivity contribution in [2.75, 3.05) is 18.4 Å². The predicted molar refractivity (Wildman–Crippen MR) is 81.9 cm³/mol. The molecule has 0 bridgehead atoms. The number of carboxylic acids is 1. The maximum atomic E-state index is 12.1. The fourth-order valence-corrected chi connectivity index (χ4v) is 2.38. The fraction of sp³-hybridized carbons (Fsp3) is 0.429. The number of halogens is 1. The summed E-state index contributed by atoms with van der Waals surface area (Å²) >= 11 is 3.37. The van der Waals surface area contributed by atoms with E-state index < -0.39 is 11.9 Å². The lowest BCUT2D eigenvalue weighted by molar-refractivity contribution is -0.141. The Hall–Kier alpha value is -1.56. The van der Waals surface area contributed by atoms with Gasteiger partial charge >= 0.3 is 12.0 Å². The highest BCUT2D eigenvalue weighted by molar-refractivity contribution is 9.10. The number of nitrogens with one attached hydrogen (secondary N) is 1. The molecule has 1 rings (SSSR count). The Balaban J connectivity index is 2.74. The Morgan fingerprint density at radius 3 is 2.55 bits per heavy atom. The minimum atomic E-state index is -0.908. The Bertz CT molecular complexity index is 485. The van der Waals surface area contributed by atoms with Gasteiger partial charge in [-0.25, -0.2) is 4.79 Å². The first kappa shape index (κ1) is 16.5. The quantitative estimate of drug-likeness (QED) is 0.862. The van der Waals surface area contributed by atoms with E-state index in [0.29, 0.717) is 12.2 Å². The number of hydrogen-bond donors (Lipinski definition) is 2. The van der Waals surface area contributed by atoms with E-state index in [2.05, 4.69) is 21.2 Å².